The number of benzene rings is 1. The molecule has 0 aromatic heterocycles. The molecular formula is C11H17NO3S. The van der Waals surface area contributed by atoms with E-state index < -0.39 is 10.0 Å². The lowest BCUT2D eigenvalue weighted by Crippen LogP contribution is -2.27. The van der Waals surface area contributed by atoms with Crippen molar-refractivity contribution in [1.29, 1.82) is 0 Å². The van der Waals surface area contributed by atoms with Gasteiger partial charge in [-0.3, -0.25) is 0 Å². The van der Waals surface area contributed by atoms with Crippen LogP contribution in [0, 0.1) is 0 Å². The van der Waals surface area contributed by atoms with Gasteiger partial charge in [0.2, 0.25) is 10.0 Å². The number of rotatable bonds is 5. The van der Waals surface area contributed by atoms with E-state index in [1.807, 2.05) is 6.92 Å². The Morgan fingerprint density at radius 1 is 1.31 bits per heavy atom. The molecule has 90 valence electrons. The van der Waals surface area contributed by atoms with Gasteiger partial charge in [0.1, 0.15) is 10.6 Å². The van der Waals surface area contributed by atoms with Gasteiger partial charge in [-0.15, -0.1) is 0 Å². The van der Waals surface area contributed by atoms with E-state index in [1.54, 1.807) is 12.1 Å². The minimum absolute atomic E-state index is 0.0337. The fraction of sp³-hybridized carbons (Fsp3) is 0.455. The second-order valence-electron chi connectivity index (χ2n) is 3.65. The Bertz CT molecular complexity index is 442. The summed E-state index contributed by atoms with van der Waals surface area (Å²) in [4.78, 5) is -0.0337. The molecular weight excluding hydrogens is 226 g/mol. The molecule has 5 heteroatoms. The lowest BCUT2D eigenvalue weighted by molar-refractivity contribution is 0.437. The number of para-hydroxylation sites is 1. The zero-order chi connectivity index (χ0) is 12.2. The summed E-state index contributed by atoms with van der Waals surface area (Å²) in [6.45, 7) is 2.47. The molecule has 0 amide bonds. The van der Waals surface area contributed by atoms with Crippen LogP contribution in [-0.2, 0) is 10.0 Å². The number of sulfonamides is 1. The van der Waals surface area contributed by atoms with E-state index in [4.69, 9.17) is 0 Å². The van der Waals surface area contributed by atoms with Crippen LogP contribution in [0.5, 0.6) is 5.75 Å². The van der Waals surface area contributed by atoms with Gasteiger partial charge >= 0.3 is 0 Å². The van der Waals surface area contributed by atoms with Gasteiger partial charge in [0.05, 0.1) is 0 Å². The van der Waals surface area contributed by atoms with E-state index in [9.17, 15) is 13.5 Å². The molecule has 1 rings (SSSR count). The van der Waals surface area contributed by atoms with Crippen LogP contribution in [0.4, 0.5) is 0 Å². The number of nitrogens with zero attached hydrogens (tertiary/aromatic N) is 1. The first-order valence-electron chi connectivity index (χ1n) is 5.24. The first-order valence-corrected chi connectivity index (χ1v) is 6.68. The second kappa shape index (κ2) is 5.32. The van der Waals surface area contributed by atoms with Gasteiger partial charge in [-0.1, -0.05) is 25.5 Å². The number of phenolic OH excluding ortho intramolecular Hbond substituents is 1. The lowest BCUT2D eigenvalue weighted by Gasteiger charge is -2.17. The summed E-state index contributed by atoms with van der Waals surface area (Å²) < 4.78 is 25.3. The summed E-state index contributed by atoms with van der Waals surface area (Å²) >= 11 is 0. The molecule has 4 nitrogen and oxygen atoms in total. The molecule has 0 saturated carbocycles. The normalized spacial score (nSPS) is 11.9. The highest BCUT2D eigenvalue weighted by Crippen LogP contribution is 2.24. The summed E-state index contributed by atoms with van der Waals surface area (Å²) in [6, 6.07) is 5.98. The number of aromatic hydroxyl groups is 1. The summed E-state index contributed by atoms with van der Waals surface area (Å²) in [6.07, 6.45) is 1.74. The third kappa shape index (κ3) is 2.74. The first kappa shape index (κ1) is 13.0. The maximum absolute atomic E-state index is 12.0. The standard InChI is InChI=1S/C11H17NO3S/c1-3-4-9-12(2)16(14,15)11-8-6-5-7-10(11)13/h5-8,13H,3-4,9H2,1-2H3. The molecule has 0 aliphatic carbocycles. The minimum Gasteiger partial charge on any atom is -0.507 e. The summed E-state index contributed by atoms with van der Waals surface area (Å²) in [5.74, 6) is -0.203. The average Bonchev–Trinajstić information content (AvgIpc) is 2.26. The minimum atomic E-state index is -3.56. The third-order valence-corrected chi connectivity index (χ3v) is 4.28. The Morgan fingerprint density at radius 3 is 2.50 bits per heavy atom. The molecule has 0 bridgehead atoms. The molecule has 0 spiro atoms. The zero-order valence-corrected chi connectivity index (χ0v) is 10.4. The highest BCUT2D eigenvalue weighted by atomic mass is 32.2. The Balaban J connectivity index is 2.98. The SMILES string of the molecule is CCCCN(C)S(=O)(=O)c1ccccc1O. The van der Waals surface area contributed by atoms with Crippen molar-refractivity contribution in [2.45, 2.75) is 24.7 Å². The quantitative estimate of drug-likeness (QED) is 0.858. The Hall–Kier alpha value is -1.07. The largest absolute Gasteiger partial charge is 0.507 e. The van der Waals surface area contributed by atoms with Gasteiger partial charge in [-0.05, 0) is 18.6 Å². The van der Waals surface area contributed by atoms with Crippen LogP contribution in [0.15, 0.2) is 29.2 Å². The van der Waals surface area contributed by atoms with E-state index in [-0.39, 0.29) is 10.6 Å². The van der Waals surface area contributed by atoms with E-state index in [0.717, 1.165) is 12.8 Å². The molecule has 1 N–H and O–H groups in total. The fourth-order valence-electron chi connectivity index (χ4n) is 1.34. The molecule has 0 radical (unpaired) electrons. The fourth-order valence-corrected chi connectivity index (χ4v) is 2.63. The summed E-state index contributed by atoms with van der Waals surface area (Å²) in [5.41, 5.74) is 0. The van der Waals surface area contributed by atoms with Crippen LogP contribution >= 0.6 is 0 Å². The smallest absolute Gasteiger partial charge is 0.246 e. The van der Waals surface area contributed by atoms with Crippen molar-refractivity contribution in [3.8, 4) is 5.75 Å². The zero-order valence-electron chi connectivity index (χ0n) is 9.55. The van der Waals surface area contributed by atoms with Crippen molar-refractivity contribution in [2.75, 3.05) is 13.6 Å². The molecule has 16 heavy (non-hydrogen) atoms. The van der Waals surface area contributed by atoms with Crippen LogP contribution in [-0.4, -0.2) is 31.4 Å². The van der Waals surface area contributed by atoms with Gasteiger partial charge in [-0.25, -0.2) is 12.7 Å². The van der Waals surface area contributed by atoms with E-state index in [2.05, 4.69) is 0 Å². The maximum Gasteiger partial charge on any atom is 0.246 e. The van der Waals surface area contributed by atoms with E-state index >= 15 is 0 Å². The lowest BCUT2D eigenvalue weighted by atomic mass is 10.3. The molecule has 0 heterocycles. The van der Waals surface area contributed by atoms with Crippen LogP contribution in [0.3, 0.4) is 0 Å². The number of hydrogen-bond acceptors (Lipinski definition) is 3. The van der Waals surface area contributed by atoms with Crippen molar-refractivity contribution in [3.63, 3.8) is 0 Å². The number of hydrogen-bond donors (Lipinski definition) is 1. The van der Waals surface area contributed by atoms with Crippen LogP contribution in [0.1, 0.15) is 19.8 Å². The van der Waals surface area contributed by atoms with Crippen molar-refractivity contribution < 1.29 is 13.5 Å². The number of unbranched alkanes of at least 4 members (excludes halogenated alkanes) is 1. The topological polar surface area (TPSA) is 57.6 Å². The maximum atomic E-state index is 12.0. The highest BCUT2D eigenvalue weighted by Gasteiger charge is 2.22. The molecule has 0 atom stereocenters. The van der Waals surface area contributed by atoms with Crippen molar-refractivity contribution in [1.82, 2.24) is 4.31 Å². The average molecular weight is 243 g/mol. The molecule has 0 saturated heterocycles. The Morgan fingerprint density at radius 2 is 1.94 bits per heavy atom. The van der Waals surface area contributed by atoms with E-state index in [0.29, 0.717) is 6.54 Å². The molecule has 0 unspecified atom stereocenters. The van der Waals surface area contributed by atoms with Gasteiger partial charge in [0.25, 0.3) is 0 Å². The number of phenols is 1. The van der Waals surface area contributed by atoms with Crippen molar-refractivity contribution in [2.24, 2.45) is 0 Å². The predicted octanol–water partition coefficient (Wildman–Crippen LogP) is 1.81. The Labute approximate surface area is 96.6 Å². The van der Waals surface area contributed by atoms with Crippen LogP contribution in [0.2, 0.25) is 0 Å². The molecule has 1 aromatic carbocycles. The third-order valence-electron chi connectivity index (χ3n) is 2.38. The second-order valence-corrected chi connectivity index (χ2v) is 5.66. The molecule has 0 aliphatic heterocycles. The van der Waals surface area contributed by atoms with Gasteiger partial charge in [0.15, 0.2) is 0 Å². The Kier molecular flexibility index (Phi) is 4.32. The van der Waals surface area contributed by atoms with Crippen molar-refractivity contribution in [3.05, 3.63) is 24.3 Å². The summed E-state index contributed by atoms with van der Waals surface area (Å²) in [5, 5.41) is 9.51. The monoisotopic (exact) mass is 243 g/mol. The molecule has 0 fully saturated rings. The van der Waals surface area contributed by atoms with Gasteiger partial charge in [-0.2, -0.15) is 0 Å². The summed E-state index contributed by atoms with van der Waals surface area (Å²) in [7, 11) is -2.03. The van der Waals surface area contributed by atoms with Crippen LogP contribution in [0.25, 0.3) is 0 Å². The predicted molar refractivity (Wildman–Crippen MR) is 62.8 cm³/mol. The van der Waals surface area contributed by atoms with Gasteiger partial charge < -0.3 is 5.11 Å². The van der Waals surface area contributed by atoms with Crippen molar-refractivity contribution >= 4 is 10.0 Å². The molecule has 1 aromatic rings. The van der Waals surface area contributed by atoms with Gasteiger partial charge in [0, 0.05) is 13.6 Å². The first-order chi connectivity index (χ1) is 7.50. The highest BCUT2D eigenvalue weighted by molar-refractivity contribution is 7.89. The van der Waals surface area contributed by atoms with Crippen LogP contribution < -0.4 is 0 Å². The van der Waals surface area contributed by atoms with E-state index in [1.165, 1.54) is 23.5 Å². The molecule has 0 aliphatic rings.